The van der Waals surface area contributed by atoms with E-state index in [1.165, 1.54) is 12.4 Å². The van der Waals surface area contributed by atoms with Gasteiger partial charge in [0.2, 0.25) is 0 Å². The Balaban J connectivity index is 2.77. The predicted molar refractivity (Wildman–Crippen MR) is 44.1 cm³/mol. The molecule has 1 rings (SSSR count). The lowest BCUT2D eigenvalue weighted by Crippen LogP contribution is -2.12. The molecule has 0 aliphatic carbocycles. The van der Waals surface area contributed by atoms with Crippen molar-refractivity contribution in [2.24, 2.45) is 5.73 Å². The maximum absolute atomic E-state index is 12.0. The molecule has 4 heteroatoms. The summed E-state index contributed by atoms with van der Waals surface area (Å²) < 4.78 is 12.0. The van der Waals surface area contributed by atoms with Gasteiger partial charge < -0.3 is 5.73 Å². The zero-order valence-corrected chi connectivity index (χ0v) is 7.00. The Bertz CT molecular complexity index is 235. The second-order valence-electron chi connectivity index (χ2n) is 2.60. The Labute approximate surface area is 70.8 Å². The fraction of sp³-hybridized carbons (Fsp3) is 0.500. The smallest absolute Gasteiger partial charge is 0.144 e. The average Bonchev–Trinajstić information content (AvgIpc) is 2.17. The molecule has 0 aromatic carbocycles. The molecule has 0 radical (unpaired) electrons. The first-order chi connectivity index (χ1) is 5.77. The summed E-state index contributed by atoms with van der Waals surface area (Å²) in [4.78, 5) is 7.89. The normalized spacial score (nSPS) is 12.9. The third-order valence-corrected chi connectivity index (χ3v) is 1.65. The third kappa shape index (κ3) is 1.98. The van der Waals surface area contributed by atoms with Crippen LogP contribution in [-0.2, 0) is 6.67 Å². The lowest BCUT2D eigenvalue weighted by molar-refractivity contribution is 0.481. The van der Waals surface area contributed by atoms with E-state index in [2.05, 4.69) is 9.97 Å². The van der Waals surface area contributed by atoms with Crippen LogP contribution < -0.4 is 5.73 Å². The molecule has 0 unspecified atom stereocenters. The highest BCUT2D eigenvalue weighted by Gasteiger charge is 2.05. The van der Waals surface area contributed by atoms with E-state index in [4.69, 9.17) is 5.73 Å². The maximum atomic E-state index is 12.0. The number of nitrogens with zero attached hydrogens (tertiary/aromatic N) is 2. The largest absolute Gasteiger partial charge is 0.321 e. The Hall–Kier alpha value is -1.03. The molecule has 0 bridgehead atoms. The molecule has 1 aromatic heterocycles. The van der Waals surface area contributed by atoms with E-state index in [0.29, 0.717) is 11.4 Å². The summed E-state index contributed by atoms with van der Waals surface area (Å²) >= 11 is 0. The summed E-state index contributed by atoms with van der Waals surface area (Å²) in [5.41, 5.74) is 6.16. The van der Waals surface area contributed by atoms with Crippen molar-refractivity contribution in [1.82, 2.24) is 9.97 Å². The standard InChI is InChI=1S/C8H12FN3/c1-2-7(10)8-11-4-6(3-9)5-12-8/h4-5,7H,2-3,10H2,1H3/t7-/m1/s1. The number of hydrogen-bond donors (Lipinski definition) is 1. The monoisotopic (exact) mass is 169 g/mol. The summed E-state index contributed by atoms with van der Waals surface area (Å²) in [6.45, 7) is 1.43. The van der Waals surface area contributed by atoms with E-state index in [0.717, 1.165) is 6.42 Å². The Morgan fingerprint density at radius 3 is 2.50 bits per heavy atom. The lowest BCUT2D eigenvalue weighted by Gasteiger charge is -2.05. The summed E-state index contributed by atoms with van der Waals surface area (Å²) in [7, 11) is 0. The topological polar surface area (TPSA) is 51.8 Å². The van der Waals surface area contributed by atoms with Crippen molar-refractivity contribution < 1.29 is 4.39 Å². The van der Waals surface area contributed by atoms with Gasteiger partial charge in [-0.3, -0.25) is 0 Å². The molecule has 0 saturated carbocycles. The number of aromatic nitrogens is 2. The average molecular weight is 169 g/mol. The van der Waals surface area contributed by atoms with Crippen LogP contribution in [0.5, 0.6) is 0 Å². The Morgan fingerprint density at radius 2 is 2.08 bits per heavy atom. The van der Waals surface area contributed by atoms with Crippen LogP contribution in [0.2, 0.25) is 0 Å². The van der Waals surface area contributed by atoms with Crippen molar-refractivity contribution in [2.75, 3.05) is 0 Å². The second-order valence-corrected chi connectivity index (χ2v) is 2.60. The molecular formula is C8H12FN3. The van der Waals surface area contributed by atoms with Gasteiger partial charge in [0.1, 0.15) is 12.5 Å². The number of hydrogen-bond acceptors (Lipinski definition) is 3. The van der Waals surface area contributed by atoms with Gasteiger partial charge in [-0.25, -0.2) is 14.4 Å². The molecule has 2 N–H and O–H groups in total. The molecule has 0 spiro atoms. The van der Waals surface area contributed by atoms with Gasteiger partial charge in [-0.05, 0) is 6.42 Å². The van der Waals surface area contributed by atoms with E-state index >= 15 is 0 Å². The second kappa shape index (κ2) is 4.11. The Kier molecular flexibility index (Phi) is 3.10. The first kappa shape index (κ1) is 9.06. The highest BCUT2D eigenvalue weighted by molar-refractivity contribution is 5.05. The van der Waals surface area contributed by atoms with Crippen LogP contribution in [0.4, 0.5) is 4.39 Å². The van der Waals surface area contributed by atoms with Crippen LogP contribution in [0.3, 0.4) is 0 Å². The van der Waals surface area contributed by atoms with Gasteiger partial charge in [0.05, 0.1) is 6.04 Å². The molecule has 12 heavy (non-hydrogen) atoms. The number of alkyl halides is 1. The molecule has 1 atom stereocenters. The summed E-state index contributed by atoms with van der Waals surface area (Å²) in [5, 5.41) is 0. The summed E-state index contributed by atoms with van der Waals surface area (Å²) in [6, 6.07) is -0.140. The first-order valence-corrected chi connectivity index (χ1v) is 3.90. The number of rotatable bonds is 3. The van der Waals surface area contributed by atoms with Crippen LogP contribution in [0.15, 0.2) is 12.4 Å². The molecule has 0 aliphatic heterocycles. The number of nitrogens with two attached hydrogens (primary N) is 1. The quantitative estimate of drug-likeness (QED) is 0.743. The third-order valence-electron chi connectivity index (χ3n) is 1.65. The van der Waals surface area contributed by atoms with Crippen molar-refractivity contribution in [3.63, 3.8) is 0 Å². The molecule has 1 aromatic rings. The van der Waals surface area contributed by atoms with E-state index in [1.54, 1.807) is 0 Å². The molecule has 0 fully saturated rings. The van der Waals surface area contributed by atoms with Crippen LogP contribution in [0.1, 0.15) is 30.8 Å². The molecule has 1 heterocycles. The van der Waals surface area contributed by atoms with Crippen LogP contribution in [0.25, 0.3) is 0 Å². The minimum atomic E-state index is -0.526. The zero-order chi connectivity index (χ0) is 8.97. The lowest BCUT2D eigenvalue weighted by atomic mass is 10.2. The van der Waals surface area contributed by atoms with Crippen molar-refractivity contribution in [2.45, 2.75) is 26.1 Å². The zero-order valence-electron chi connectivity index (χ0n) is 7.00. The maximum Gasteiger partial charge on any atom is 0.144 e. The summed E-state index contributed by atoms with van der Waals surface area (Å²) in [5.74, 6) is 0.578. The van der Waals surface area contributed by atoms with Crippen LogP contribution in [0, 0.1) is 0 Å². The van der Waals surface area contributed by atoms with Gasteiger partial charge in [0, 0.05) is 18.0 Å². The predicted octanol–water partition coefficient (Wildman–Crippen LogP) is 1.36. The molecule has 0 aliphatic rings. The van der Waals surface area contributed by atoms with Crippen LogP contribution >= 0.6 is 0 Å². The molecule has 0 saturated heterocycles. The van der Waals surface area contributed by atoms with E-state index in [-0.39, 0.29) is 6.04 Å². The minimum Gasteiger partial charge on any atom is -0.321 e. The highest BCUT2D eigenvalue weighted by atomic mass is 19.1. The highest BCUT2D eigenvalue weighted by Crippen LogP contribution is 2.07. The van der Waals surface area contributed by atoms with E-state index < -0.39 is 6.67 Å². The van der Waals surface area contributed by atoms with E-state index in [1.807, 2.05) is 6.92 Å². The summed E-state index contributed by atoms with van der Waals surface area (Å²) in [6.07, 6.45) is 3.73. The van der Waals surface area contributed by atoms with Crippen molar-refractivity contribution in [1.29, 1.82) is 0 Å². The Morgan fingerprint density at radius 1 is 1.50 bits per heavy atom. The van der Waals surface area contributed by atoms with Gasteiger partial charge in [-0.2, -0.15) is 0 Å². The van der Waals surface area contributed by atoms with E-state index in [9.17, 15) is 4.39 Å². The van der Waals surface area contributed by atoms with Crippen LogP contribution in [-0.4, -0.2) is 9.97 Å². The number of halogens is 1. The van der Waals surface area contributed by atoms with Gasteiger partial charge in [-0.15, -0.1) is 0 Å². The van der Waals surface area contributed by atoms with Gasteiger partial charge in [0.15, 0.2) is 0 Å². The first-order valence-electron chi connectivity index (χ1n) is 3.90. The fourth-order valence-corrected chi connectivity index (χ4v) is 0.808. The van der Waals surface area contributed by atoms with Crippen molar-refractivity contribution >= 4 is 0 Å². The van der Waals surface area contributed by atoms with Gasteiger partial charge in [-0.1, -0.05) is 6.92 Å². The minimum absolute atomic E-state index is 0.140. The fourth-order valence-electron chi connectivity index (χ4n) is 0.808. The molecule has 0 amide bonds. The SMILES string of the molecule is CC[C@@H](N)c1ncc(CF)cn1. The molecule has 3 nitrogen and oxygen atoms in total. The van der Waals surface area contributed by atoms with Gasteiger partial charge >= 0.3 is 0 Å². The van der Waals surface area contributed by atoms with Crippen molar-refractivity contribution in [3.05, 3.63) is 23.8 Å². The molecule has 66 valence electrons. The molecular weight excluding hydrogens is 157 g/mol. The van der Waals surface area contributed by atoms with Gasteiger partial charge in [0.25, 0.3) is 0 Å². The van der Waals surface area contributed by atoms with Crippen molar-refractivity contribution in [3.8, 4) is 0 Å².